The monoisotopic (exact) mass is 266 g/mol. The van der Waals surface area contributed by atoms with Crippen LogP contribution >= 0.6 is 0 Å². The SMILES string of the molecule is Cc1cc(C(NN)c2ccc(F)cc2)c(F)cc1F. The molecule has 0 aliphatic carbocycles. The van der Waals surface area contributed by atoms with E-state index in [9.17, 15) is 13.2 Å². The standard InChI is InChI=1S/C14H13F3N2/c1-8-6-11(13(17)7-12(8)16)14(19-18)9-2-4-10(15)5-3-9/h2-7,14,19H,18H2,1H3. The molecule has 2 nitrogen and oxygen atoms in total. The van der Waals surface area contributed by atoms with Gasteiger partial charge in [-0.3, -0.25) is 5.84 Å². The first kappa shape index (κ1) is 13.6. The van der Waals surface area contributed by atoms with E-state index in [0.29, 0.717) is 11.1 Å². The lowest BCUT2D eigenvalue weighted by Crippen LogP contribution is -2.29. The van der Waals surface area contributed by atoms with E-state index >= 15 is 0 Å². The Hall–Kier alpha value is -1.85. The number of hydrogen-bond donors (Lipinski definition) is 2. The van der Waals surface area contributed by atoms with Crippen molar-refractivity contribution in [2.75, 3.05) is 0 Å². The molecule has 3 N–H and O–H groups in total. The van der Waals surface area contributed by atoms with E-state index in [4.69, 9.17) is 5.84 Å². The molecule has 19 heavy (non-hydrogen) atoms. The lowest BCUT2D eigenvalue weighted by Gasteiger charge is -2.18. The Balaban J connectivity index is 2.47. The number of aryl methyl sites for hydroxylation is 1. The normalized spacial score (nSPS) is 12.5. The van der Waals surface area contributed by atoms with Gasteiger partial charge in [-0.25, -0.2) is 18.6 Å². The zero-order chi connectivity index (χ0) is 14.0. The second kappa shape index (κ2) is 5.42. The number of benzene rings is 2. The maximum Gasteiger partial charge on any atom is 0.131 e. The fraction of sp³-hybridized carbons (Fsp3) is 0.143. The second-order valence-corrected chi connectivity index (χ2v) is 4.27. The van der Waals surface area contributed by atoms with Gasteiger partial charge in [0.2, 0.25) is 0 Å². The lowest BCUT2D eigenvalue weighted by atomic mass is 9.97. The molecule has 5 heteroatoms. The zero-order valence-corrected chi connectivity index (χ0v) is 10.3. The minimum atomic E-state index is -0.699. The molecule has 0 radical (unpaired) electrons. The largest absolute Gasteiger partial charge is 0.271 e. The van der Waals surface area contributed by atoms with Gasteiger partial charge in [0.15, 0.2) is 0 Å². The fourth-order valence-electron chi connectivity index (χ4n) is 1.92. The molecular weight excluding hydrogens is 253 g/mol. The Bertz CT molecular complexity index is 582. The maximum atomic E-state index is 13.8. The Morgan fingerprint density at radius 3 is 2.21 bits per heavy atom. The predicted octanol–water partition coefficient (Wildman–Crippen LogP) is 2.97. The highest BCUT2D eigenvalue weighted by molar-refractivity contribution is 5.35. The van der Waals surface area contributed by atoms with Crippen LogP contribution in [0.25, 0.3) is 0 Å². The van der Waals surface area contributed by atoms with Gasteiger partial charge >= 0.3 is 0 Å². The molecule has 2 aromatic carbocycles. The molecule has 2 aromatic rings. The highest BCUT2D eigenvalue weighted by atomic mass is 19.1. The Labute approximate surface area is 109 Å². The van der Waals surface area contributed by atoms with Gasteiger partial charge < -0.3 is 0 Å². The molecule has 0 amide bonds. The van der Waals surface area contributed by atoms with Crippen LogP contribution in [0.15, 0.2) is 36.4 Å². The van der Waals surface area contributed by atoms with Crippen molar-refractivity contribution in [3.63, 3.8) is 0 Å². The Morgan fingerprint density at radius 1 is 1.00 bits per heavy atom. The first-order valence-corrected chi connectivity index (χ1v) is 5.70. The molecule has 100 valence electrons. The number of halogens is 3. The molecule has 0 saturated carbocycles. The average molecular weight is 266 g/mol. The molecule has 0 aliphatic rings. The minimum Gasteiger partial charge on any atom is -0.271 e. The summed E-state index contributed by atoms with van der Waals surface area (Å²) in [6, 6.07) is 7.05. The molecule has 1 atom stereocenters. The molecule has 0 fully saturated rings. The predicted molar refractivity (Wildman–Crippen MR) is 66.7 cm³/mol. The smallest absolute Gasteiger partial charge is 0.131 e. The van der Waals surface area contributed by atoms with Crippen LogP contribution in [0.1, 0.15) is 22.7 Å². The quantitative estimate of drug-likeness (QED) is 0.662. The van der Waals surface area contributed by atoms with Crippen LogP contribution in [-0.4, -0.2) is 0 Å². The molecule has 0 saturated heterocycles. The van der Waals surface area contributed by atoms with E-state index in [0.717, 1.165) is 6.07 Å². The molecule has 2 rings (SSSR count). The van der Waals surface area contributed by atoms with E-state index < -0.39 is 23.5 Å². The first-order valence-electron chi connectivity index (χ1n) is 5.70. The summed E-state index contributed by atoms with van der Waals surface area (Å²) in [5, 5.41) is 0. The number of rotatable bonds is 3. The minimum absolute atomic E-state index is 0.216. The summed E-state index contributed by atoms with van der Waals surface area (Å²) in [5.74, 6) is 3.72. The zero-order valence-electron chi connectivity index (χ0n) is 10.3. The van der Waals surface area contributed by atoms with Crippen LogP contribution in [0.5, 0.6) is 0 Å². The summed E-state index contributed by atoms with van der Waals surface area (Å²) in [5.41, 5.74) is 3.58. The Morgan fingerprint density at radius 2 is 1.63 bits per heavy atom. The molecule has 0 bridgehead atoms. The van der Waals surface area contributed by atoms with E-state index in [1.807, 2.05) is 0 Å². The maximum absolute atomic E-state index is 13.8. The molecule has 0 aromatic heterocycles. The third kappa shape index (κ3) is 2.77. The van der Waals surface area contributed by atoms with Crippen LogP contribution in [0.4, 0.5) is 13.2 Å². The average Bonchev–Trinajstić information content (AvgIpc) is 2.38. The summed E-state index contributed by atoms with van der Waals surface area (Å²) in [6.45, 7) is 1.54. The van der Waals surface area contributed by atoms with Gasteiger partial charge in [-0.15, -0.1) is 0 Å². The van der Waals surface area contributed by atoms with Crippen LogP contribution in [0.2, 0.25) is 0 Å². The van der Waals surface area contributed by atoms with Crippen molar-refractivity contribution in [1.82, 2.24) is 5.43 Å². The lowest BCUT2D eigenvalue weighted by molar-refractivity contribution is 0.537. The fourth-order valence-corrected chi connectivity index (χ4v) is 1.92. The number of hydrazine groups is 1. The number of hydrogen-bond acceptors (Lipinski definition) is 2. The van der Waals surface area contributed by atoms with Crippen molar-refractivity contribution in [3.8, 4) is 0 Å². The van der Waals surface area contributed by atoms with Gasteiger partial charge in [0.05, 0.1) is 6.04 Å². The summed E-state index contributed by atoms with van der Waals surface area (Å²) in [7, 11) is 0. The van der Waals surface area contributed by atoms with Gasteiger partial charge in [-0.1, -0.05) is 12.1 Å². The number of nitrogens with one attached hydrogen (secondary N) is 1. The van der Waals surface area contributed by atoms with Crippen molar-refractivity contribution >= 4 is 0 Å². The number of nitrogens with two attached hydrogens (primary N) is 1. The summed E-state index contributed by atoms with van der Waals surface area (Å²) in [6.07, 6.45) is 0. The highest BCUT2D eigenvalue weighted by Gasteiger charge is 2.18. The first-order chi connectivity index (χ1) is 9.02. The van der Waals surface area contributed by atoms with Crippen LogP contribution in [0.3, 0.4) is 0 Å². The van der Waals surface area contributed by atoms with Crippen molar-refractivity contribution < 1.29 is 13.2 Å². The molecule has 0 heterocycles. The van der Waals surface area contributed by atoms with Gasteiger partial charge in [0.25, 0.3) is 0 Å². The van der Waals surface area contributed by atoms with Gasteiger partial charge in [0.1, 0.15) is 17.5 Å². The van der Waals surface area contributed by atoms with Gasteiger partial charge in [-0.05, 0) is 36.2 Å². The molecular formula is C14H13F3N2. The third-order valence-electron chi connectivity index (χ3n) is 2.96. The third-order valence-corrected chi connectivity index (χ3v) is 2.96. The molecule has 1 unspecified atom stereocenters. The molecule has 0 aliphatic heterocycles. The van der Waals surface area contributed by atoms with E-state index in [1.165, 1.54) is 37.3 Å². The molecule has 0 spiro atoms. The van der Waals surface area contributed by atoms with Crippen LogP contribution in [0, 0.1) is 24.4 Å². The summed E-state index contributed by atoms with van der Waals surface area (Å²) < 4.78 is 39.9. The summed E-state index contributed by atoms with van der Waals surface area (Å²) in [4.78, 5) is 0. The van der Waals surface area contributed by atoms with Gasteiger partial charge in [-0.2, -0.15) is 0 Å². The van der Waals surface area contributed by atoms with Crippen molar-refractivity contribution in [2.45, 2.75) is 13.0 Å². The van der Waals surface area contributed by atoms with E-state index in [2.05, 4.69) is 5.43 Å². The summed E-state index contributed by atoms with van der Waals surface area (Å²) >= 11 is 0. The topological polar surface area (TPSA) is 38.0 Å². The highest BCUT2D eigenvalue weighted by Crippen LogP contribution is 2.26. The second-order valence-electron chi connectivity index (χ2n) is 4.27. The van der Waals surface area contributed by atoms with Gasteiger partial charge in [0, 0.05) is 11.6 Å². The van der Waals surface area contributed by atoms with Crippen molar-refractivity contribution in [2.24, 2.45) is 5.84 Å². The van der Waals surface area contributed by atoms with Crippen molar-refractivity contribution in [1.29, 1.82) is 0 Å². The van der Waals surface area contributed by atoms with E-state index in [1.54, 1.807) is 0 Å². The van der Waals surface area contributed by atoms with E-state index in [-0.39, 0.29) is 5.56 Å². The van der Waals surface area contributed by atoms with Crippen molar-refractivity contribution in [3.05, 3.63) is 70.5 Å². The van der Waals surface area contributed by atoms with Crippen LogP contribution in [-0.2, 0) is 0 Å². The Kier molecular flexibility index (Phi) is 3.87. The van der Waals surface area contributed by atoms with Crippen LogP contribution < -0.4 is 11.3 Å².